The van der Waals surface area contributed by atoms with E-state index in [9.17, 15) is 17.6 Å². The number of carbonyl (C=O) groups excluding carboxylic acids is 1. The van der Waals surface area contributed by atoms with E-state index >= 15 is 0 Å². The van der Waals surface area contributed by atoms with Crippen LogP contribution in [-0.2, 0) is 10.0 Å². The largest absolute Gasteiger partial charge is 0.369 e. The first-order valence-electron chi connectivity index (χ1n) is 11.8. The van der Waals surface area contributed by atoms with Crippen molar-refractivity contribution in [3.63, 3.8) is 0 Å². The maximum Gasteiger partial charge on any atom is 0.253 e. The van der Waals surface area contributed by atoms with Crippen LogP contribution in [-0.4, -0.2) is 72.3 Å². The summed E-state index contributed by atoms with van der Waals surface area (Å²) in [5, 5.41) is 0. The van der Waals surface area contributed by atoms with Gasteiger partial charge in [0.2, 0.25) is 10.0 Å². The number of anilines is 1. The van der Waals surface area contributed by atoms with Gasteiger partial charge in [0.05, 0.1) is 11.2 Å². The van der Waals surface area contributed by atoms with Crippen molar-refractivity contribution in [2.24, 2.45) is 0 Å². The molecule has 2 aliphatic rings. The maximum absolute atomic E-state index is 13.3. The Bertz CT molecular complexity index is 1260. The Balaban J connectivity index is 1.23. The van der Waals surface area contributed by atoms with Crippen molar-refractivity contribution in [2.45, 2.75) is 23.8 Å². The molecule has 5 rings (SSSR count). The summed E-state index contributed by atoms with van der Waals surface area (Å²) in [5.74, 6) is -0.445. The van der Waals surface area contributed by atoms with E-state index in [1.165, 1.54) is 22.5 Å². The number of sulfonamides is 1. The van der Waals surface area contributed by atoms with Crippen molar-refractivity contribution in [3.05, 3.63) is 78.6 Å². The van der Waals surface area contributed by atoms with Gasteiger partial charge in [-0.2, -0.15) is 4.31 Å². The van der Waals surface area contributed by atoms with E-state index in [0.717, 1.165) is 18.5 Å². The van der Waals surface area contributed by atoms with Gasteiger partial charge in [-0.1, -0.05) is 6.07 Å². The Morgan fingerprint density at radius 2 is 1.66 bits per heavy atom. The van der Waals surface area contributed by atoms with Gasteiger partial charge in [-0.15, -0.1) is 0 Å². The van der Waals surface area contributed by atoms with Gasteiger partial charge < -0.3 is 14.4 Å². The van der Waals surface area contributed by atoms with Crippen molar-refractivity contribution < 1.29 is 17.6 Å². The number of imidazole rings is 1. The van der Waals surface area contributed by atoms with Crippen molar-refractivity contribution in [2.75, 3.05) is 44.2 Å². The van der Waals surface area contributed by atoms with Gasteiger partial charge in [0.15, 0.2) is 0 Å². The molecular formula is C25H28FN5O3S. The van der Waals surface area contributed by atoms with Gasteiger partial charge >= 0.3 is 0 Å². The summed E-state index contributed by atoms with van der Waals surface area (Å²) in [6, 6.07) is 12.9. The third kappa shape index (κ3) is 4.94. The number of carbonyl (C=O) groups is 1. The zero-order valence-corrected chi connectivity index (χ0v) is 20.1. The van der Waals surface area contributed by atoms with E-state index in [1.807, 2.05) is 11.1 Å². The van der Waals surface area contributed by atoms with Crippen LogP contribution in [0.25, 0.3) is 0 Å². The number of amides is 1. The second-order valence-electron chi connectivity index (χ2n) is 8.93. The molecule has 2 saturated heterocycles. The fraction of sp³-hybridized carbons (Fsp3) is 0.360. The molecular weight excluding hydrogens is 469 g/mol. The van der Waals surface area contributed by atoms with Gasteiger partial charge in [-0.3, -0.25) is 4.79 Å². The Hall–Kier alpha value is -3.24. The van der Waals surface area contributed by atoms with Gasteiger partial charge in [0.1, 0.15) is 5.82 Å². The summed E-state index contributed by atoms with van der Waals surface area (Å²) in [6.45, 7) is 2.89. The van der Waals surface area contributed by atoms with Gasteiger partial charge in [-0.25, -0.2) is 17.8 Å². The number of piperazine rings is 1. The molecule has 0 spiro atoms. The fourth-order valence-corrected chi connectivity index (χ4v) is 6.28. The normalized spacial score (nSPS) is 18.1. The Labute approximate surface area is 204 Å². The van der Waals surface area contributed by atoms with E-state index < -0.39 is 10.0 Å². The van der Waals surface area contributed by atoms with Crippen molar-refractivity contribution in [3.8, 4) is 0 Å². The summed E-state index contributed by atoms with van der Waals surface area (Å²) in [7, 11) is -3.73. The van der Waals surface area contributed by atoms with Crippen LogP contribution < -0.4 is 4.90 Å². The average molecular weight is 498 g/mol. The quantitative estimate of drug-likeness (QED) is 0.542. The van der Waals surface area contributed by atoms with Gasteiger partial charge in [0.25, 0.3) is 5.91 Å². The summed E-state index contributed by atoms with van der Waals surface area (Å²) in [4.78, 5) is 21.2. The Morgan fingerprint density at radius 3 is 2.31 bits per heavy atom. The highest BCUT2D eigenvalue weighted by Crippen LogP contribution is 2.25. The van der Waals surface area contributed by atoms with Gasteiger partial charge in [-0.05, 0) is 55.3 Å². The predicted octanol–water partition coefficient (Wildman–Crippen LogP) is 3.01. The number of piperidine rings is 1. The van der Waals surface area contributed by atoms with Crippen LogP contribution in [0.2, 0.25) is 0 Å². The van der Waals surface area contributed by atoms with Crippen LogP contribution in [0, 0.1) is 5.82 Å². The zero-order valence-electron chi connectivity index (χ0n) is 19.3. The third-order valence-electron chi connectivity index (χ3n) is 6.85. The summed E-state index contributed by atoms with van der Waals surface area (Å²) < 4.78 is 43.4. The number of nitrogens with zero attached hydrogens (tertiary/aromatic N) is 5. The standard InChI is InChI=1S/C25H28FN5O3S/c26-21-4-6-22(7-5-21)28-14-16-31(17-15-28)35(33,34)24-3-1-2-20(18-24)25(32)29-11-8-23(9-12-29)30-13-10-27-19-30/h1-7,10,13,18-19,23H,8-9,11-12,14-17H2. The van der Waals surface area contributed by atoms with Crippen LogP contribution in [0.15, 0.2) is 72.1 Å². The number of aromatic nitrogens is 2. The SMILES string of the molecule is O=C(c1cccc(S(=O)(=O)N2CCN(c3ccc(F)cc3)CC2)c1)N1CCC(n2ccnc2)CC1. The minimum absolute atomic E-state index is 0.131. The third-order valence-corrected chi connectivity index (χ3v) is 8.74. The summed E-state index contributed by atoms with van der Waals surface area (Å²) >= 11 is 0. The van der Waals surface area contributed by atoms with Crippen molar-refractivity contribution in [1.82, 2.24) is 18.8 Å². The van der Waals surface area contributed by atoms with Crippen LogP contribution in [0.1, 0.15) is 29.2 Å². The number of rotatable bonds is 5. The highest BCUT2D eigenvalue weighted by molar-refractivity contribution is 7.89. The first kappa shape index (κ1) is 23.5. The molecule has 3 aromatic rings. The monoisotopic (exact) mass is 497 g/mol. The molecule has 0 N–H and O–H groups in total. The summed E-state index contributed by atoms with van der Waals surface area (Å²) in [5.41, 5.74) is 1.25. The molecule has 8 nitrogen and oxygen atoms in total. The maximum atomic E-state index is 13.3. The number of hydrogen-bond donors (Lipinski definition) is 0. The van der Waals surface area contributed by atoms with Gasteiger partial charge in [0, 0.05) is 69.0 Å². The number of hydrogen-bond acceptors (Lipinski definition) is 5. The highest BCUT2D eigenvalue weighted by Gasteiger charge is 2.30. The van der Waals surface area contributed by atoms with E-state index in [-0.39, 0.29) is 16.6 Å². The first-order valence-corrected chi connectivity index (χ1v) is 13.2. The highest BCUT2D eigenvalue weighted by atomic mass is 32.2. The lowest BCUT2D eigenvalue weighted by Gasteiger charge is -2.35. The molecule has 0 saturated carbocycles. The predicted molar refractivity (Wildman–Crippen MR) is 130 cm³/mol. The Kier molecular flexibility index (Phi) is 6.57. The first-order chi connectivity index (χ1) is 16.9. The van der Waals surface area contributed by atoms with E-state index in [4.69, 9.17) is 0 Å². The molecule has 0 aliphatic carbocycles. The smallest absolute Gasteiger partial charge is 0.253 e. The van der Waals surface area contributed by atoms with E-state index in [0.29, 0.717) is 50.9 Å². The van der Waals surface area contributed by atoms with Crippen LogP contribution >= 0.6 is 0 Å². The number of halogens is 1. The second kappa shape index (κ2) is 9.79. The Morgan fingerprint density at radius 1 is 0.943 bits per heavy atom. The molecule has 2 fully saturated rings. The van der Waals surface area contributed by atoms with E-state index in [2.05, 4.69) is 9.55 Å². The zero-order chi connectivity index (χ0) is 24.4. The summed E-state index contributed by atoms with van der Waals surface area (Å²) in [6.07, 6.45) is 7.16. The van der Waals surface area contributed by atoms with Crippen LogP contribution in [0.5, 0.6) is 0 Å². The molecule has 184 valence electrons. The van der Waals surface area contributed by atoms with Crippen LogP contribution in [0.3, 0.4) is 0 Å². The molecule has 0 radical (unpaired) electrons. The lowest BCUT2D eigenvalue weighted by atomic mass is 10.0. The lowest BCUT2D eigenvalue weighted by molar-refractivity contribution is 0.0694. The average Bonchev–Trinajstić information content (AvgIpc) is 3.44. The molecule has 35 heavy (non-hydrogen) atoms. The molecule has 10 heteroatoms. The molecule has 2 aromatic carbocycles. The van der Waals surface area contributed by atoms with Crippen molar-refractivity contribution >= 4 is 21.6 Å². The fourth-order valence-electron chi connectivity index (χ4n) is 4.81. The van der Waals surface area contributed by atoms with E-state index in [1.54, 1.807) is 47.8 Å². The van der Waals surface area contributed by atoms with Crippen LogP contribution in [0.4, 0.5) is 10.1 Å². The molecule has 1 amide bonds. The minimum Gasteiger partial charge on any atom is -0.369 e. The molecule has 2 aliphatic heterocycles. The lowest BCUT2D eigenvalue weighted by Crippen LogP contribution is -2.48. The molecule has 0 atom stereocenters. The minimum atomic E-state index is -3.73. The molecule has 3 heterocycles. The topological polar surface area (TPSA) is 78.8 Å². The molecule has 0 unspecified atom stereocenters. The molecule has 0 bridgehead atoms. The number of likely N-dealkylation sites (tertiary alicyclic amines) is 1. The number of benzene rings is 2. The van der Waals surface area contributed by atoms with Crippen molar-refractivity contribution in [1.29, 1.82) is 0 Å². The second-order valence-corrected chi connectivity index (χ2v) is 10.9. The molecule has 1 aromatic heterocycles.